The molecule has 23 heavy (non-hydrogen) atoms. The van der Waals surface area contributed by atoms with Crippen molar-refractivity contribution in [1.82, 2.24) is 10.1 Å². The van der Waals surface area contributed by atoms with Crippen LogP contribution in [0.25, 0.3) is 11.3 Å². The summed E-state index contributed by atoms with van der Waals surface area (Å²) in [7, 11) is 0. The molecular formula is C17H19ClN2O3. The van der Waals surface area contributed by atoms with Crippen molar-refractivity contribution in [2.45, 2.75) is 38.3 Å². The third-order valence-electron chi connectivity index (χ3n) is 4.22. The van der Waals surface area contributed by atoms with E-state index >= 15 is 0 Å². The predicted molar refractivity (Wildman–Crippen MR) is 87.3 cm³/mol. The highest BCUT2D eigenvalue weighted by molar-refractivity contribution is 6.30. The van der Waals surface area contributed by atoms with Crippen LogP contribution < -0.4 is 0 Å². The summed E-state index contributed by atoms with van der Waals surface area (Å²) in [5.74, 6) is 0.329. The first-order valence-electron chi connectivity index (χ1n) is 7.78. The number of halogens is 1. The van der Waals surface area contributed by atoms with Crippen molar-refractivity contribution < 1.29 is 14.4 Å². The molecular weight excluding hydrogens is 316 g/mol. The molecule has 0 spiro atoms. The molecule has 2 aromatic rings. The zero-order valence-corrected chi connectivity index (χ0v) is 13.7. The van der Waals surface area contributed by atoms with E-state index in [2.05, 4.69) is 5.16 Å². The molecule has 2 unspecified atom stereocenters. The van der Waals surface area contributed by atoms with Crippen LogP contribution in [0.5, 0.6) is 0 Å². The summed E-state index contributed by atoms with van der Waals surface area (Å²) < 4.78 is 5.30. The highest BCUT2D eigenvalue weighted by Crippen LogP contribution is 2.25. The zero-order valence-electron chi connectivity index (χ0n) is 12.9. The van der Waals surface area contributed by atoms with Crippen molar-refractivity contribution in [3.63, 3.8) is 0 Å². The molecule has 2 heterocycles. The second kappa shape index (κ2) is 6.72. The second-order valence-electron chi connectivity index (χ2n) is 5.89. The maximum Gasteiger partial charge on any atom is 0.276 e. The molecule has 0 saturated carbocycles. The molecule has 2 atom stereocenters. The number of hydrogen-bond acceptors (Lipinski definition) is 4. The Morgan fingerprint density at radius 1 is 1.39 bits per heavy atom. The Morgan fingerprint density at radius 3 is 2.83 bits per heavy atom. The van der Waals surface area contributed by atoms with Gasteiger partial charge in [-0.05, 0) is 50.5 Å². The predicted octanol–water partition coefficient (Wildman–Crippen LogP) is 3.37. The number of amides is 1. The van der Waals surface area contributed by atoms with Gasteiger partial charge in [0.15, 0.2) is 11.5 Å². The molecule has 5 nitrogen and oxygen atoms in total. The van der Waals surface area contributed by atoms with Gasteiger partial charge >= 0.3 is 0 Å². The van der Waals surface area contributed by atoms with Crippen molar-refractivity contribution in [2.24, 2.45) is 0 Å². The van der Waals surface area contributed by atoms with E-state index < -0.39 is 6.10 Å². The van der Waals surface area contributed by atoms with Gasteiger partial charge in [0.1, 0.15) is 0 Å². The van der Waals surface area contributed by atoms with E-state index in [1.807, 2.05) is 12.1 Å². The van der Waals surface area contributed by atoms with E-state index in [9.17, 15) is 9.90 Å². The quantitative estimate of drug-likeness (QED) is 0.934. The van der Waals surface area contributed by atoms with E-state index in [-0.39, 0.29) is 17.6 Å². The van der Waals surface area contributed by atoms with Crippen molar-refractivity contribution in [3.05, 3.63) is 41.0 Å². The minimum atomic E-state index is -0.554. The summed E-state index contributed by atoms with van der Waals surface area (Å²) in [6.45, 7) is 2.36. The lowest BCUT2D eigenvalue weighted by atomic mass is 9.97. The van der Waals surface area contributed by atoms with Crippen LogP contribution in [0.1, 0.15) is 36.7 Å². The van der Waals surface area contributed by atoms with Gasteiger partial charge < -0.3 is 14.5 Å². The molecule has 1 fully saturated rings. The number of hydrogen-bond donors (Lipinski definition) is 1. The first kappa shape index (κ1) is 16.0. The van der Waals surface area contributed by atoms with Crippen LogP contribution in [0, 0.1) is 0 Å². The summed E-state index contributed by atoms with van der Waals surface area (Å²) in [5.41, 5.74) is 1.08. The minimum absolute atomic E-state index is 0.160. The normalized spacial score (nSPS) is 19.6. The van der Waals surface area contributed by atoms with Crippen LogP contribution >= 0.6 is 11.6 Å². The van der Waals surface area contributed by atoms with E-state index in [4.69, 9.17) is 16.1 Å². The standard InChI is InChI=1S/C17H19ClN2O3/c1-11(21)15-4-2-3-9-20(15)17(22)14-10-16(23-19-14)12-5-7-13(18)8-6-12/h5-8,10-11,15,21H,2-4,9H2,1H3. The van der Waals surface area contributed by atoms with Crippen LogP contribution in [0.4, 0.5) is 0 Å². The van der Waals surface area contributed by atoms with Gasteiger partial charge in [-0.25, -0.2) is 0 Å². The first-order chi connectivity index (χ1) is 11.1. The Balaban J connectivity index is 1.81. The number of piperidine rings is 1. The number of aromatic nitrogens is 1. The first-order valence-corrected chi connectivity index (χ1v) is 8.16. The molecule has 0 bridgehead atoms. The topological polar surface area (TPSA) is 66.6 Å². The smallest absolute Gasteiger partial charge is 0.276 e. The molecule has 1 aliphatic heterocycles. The Hall–Kier alpha value is -1.85. The van der Waals surface area contributed by atoms with Gasteiger partial charge in [0.25, 0.3) is 5.91 Å². The summed E-state index contributed by atoms with van der Waals surface area (Å²) in [6, 6.07) is 8.63. The fraction of sp³-hybridized carbons (Fsp3) is 0.412. The van der Waals surface area contributed by atoms with Crippen LogP contribution in [0.15, 0.2) is 34.9 Å². The van der Waals surface area contributed by atoms with Crippen molar-refractivity contribution in [3.8, 4) is 11.3 Å². The summed E-state index contributed by atoms with van der Waals surface area (Å²) in [6.07, 6.45) is 2.22. The molecule has 6 heteroatoms. The highest BCUT2D eigenvalue weighted by Gasteiger charge is 2.32. The number of carbonyl (C=O) groups excluding carboxylic acids is 1. The van der Waals surface area contributed by atoms with Gasteiger partial charge in [-0.3, -0.25) is 4.79 Å². The maximum atomic E-state index is 12.7. The highest BCUT2D eigenvalue weighted by atomic mass is 35.5. The Kier molecular flexibility index (Phi) is 4.68. The van der Waals surface area contributed by atoms with E-state index in [0.29, 0.717) is 17.3 Å². The average molecular weight is 335 g/mol. The summed E-state index contributed by atoms with van der Waals surface area (Å²) in [5, 5.41) is 14.4. The molecule has 122 valence electrons. The number of rotatable bonds is 3. The molecule has 1 aromatic heterocycles. The molecule has 3 rings (SSSR count). The van der Waals surface area contributed by atoms with E-state index in [1.165, 1.54) is 0 Å². The number of aliphatic hydroxyl groups is 1. The lowest BCUT2D eigenvalue weighted by molar-refractivity contribution is 0.0273. The van der Waals surface area contributed by atoms with Crippen LogP contribution in [0.3, 0.4) is 0 Å². The summed E-state index contributed by atoms with van der Waals surface area (Å²) in [4.78, 5) is 14.4. The molecule has 1 aliphatic rings. The molecule has 0 radical (unpaired) electrons. The van der Waals surface area contributed by atoms with Crippen molar-refractivity contribution >= 4 is 17.5 Å². The van der Waals surface area contributed by atoms with Crippen LogP contribution in [-0.4, -0.2) is 39.8 Å². The molecule has 1 amide bonds. The largest absolute Gasteiger partial charge is 0.391 e. The second-order valence-corrected chi connectivity index (χ2v) is 6.32. The molecule has 1 aromatic carbocycles. The lowest BCUT2D eigenvalue weighted by Gasteiger charge is -2.36. The molecule has 1 saturated heterocycles. The van der Waals surface area contributed by atoms with Gasteiger partial charge in [-0.15, -0.1) is 0 Å². The van der Waals surface area contributed by atoms with Crippen molar-refractivity contribution in [2.75, 3.05) is 6.54 Å². The average Bonchev–Trinajstić information content (AvgIpc) is 3.04. The Bertz CT molecular complexity index is 681. The van der Waals surface area contributed by atoms with Gasteiger partial charge in [0.2, 0.25) is 0 Å². The number of nitrogens with zero attached hydrogens (tertiary/aromatic N) is 2. The fourth-order valence-corrected chi connectivity index (χ4v) is 3.11. The van der Waals surface area contributed by atoms with Crippen molar-refractivity contribution in [1.29, 1.82) is 0 Å². The summed E-state index contributed by atoms with van der Waals surface area (Å²) >= 11 is 5.87. The van der Waals surface area contributed by atoms with Gasteiger partial charge in [-0.2, -0.15) is 0 Å². The monoisotopic (exact) mass is 334 g/mol. The van der Waals surface area contributed by atoms with Gasteiger partial charge in [-0.1, -0.05) is 16.8 Å². The SMILES string of the molecule is CC(O)C1CCCCN1C(=O)c1cc(-c2ccc(Cl)cc2)on1. The Morgan fingerprint density at radius 2 is 2.13 bits per heavy atom. The fourth-order valence-electron chi connectivity index (χ4n) is 2.98. The molecule has 0 aliphatic carbocycles. The lowest BCUT2D eigenvalue weighted by Crippen LogP contribution is -2.49. The minimum Gasteiger partial charge on any atom is -0.391 e. The van der Waals surface area contributed by atoms with E-state index in [1.54, 1.807) is 30.0 Å². The Labute approximate surface area is 139 Å². The number of carbonyl (C=O) groups is 1. The van der Waals surface area contributed by atoms with Crippen LogP contribution in [0.2, 0.25) is 5.02 Å². The number of aliphatic hydroxyl groups excluding tert-OH is 1. The number of likely N-dealkylation sites (tertiary alicyclic amines) is 1. The van der Waals surface area contributed by atoms with Crippen LogP contribution in [-0.2, 0) is 0 Å². The maximum absolute atomic E-state index is 12.7. The van der Waals surface area contributed by atoms with Gasteiger partial charge in [0, 0.05) is 23.2 Å². The van der Waals surface area contributed by atoms with Gasteiger partial charge in [0.05, 0.1) is 12.1 Å². The number of benzene rings is 1. The van der Waals surface area contributed by atoms with E-state index in [0.717, 1.165) is 24.8 Å². The zero-order chi connectivity index (χ0) is 16.4. The molecule has 1 N–H and O–H groups in total. The third kappa shape index (κ3) is 3.41. The third-order valence-corrected chi connectivity index (χ3v) is 4.48.